The van der Waals surface area contributed by atoms with E-state index in [9.17, 15) is 4.79 Å². The molecule has 0 aliphatic carbocycles. The maximum absolute atomic E-state index is 12.3. The van der Waals surface area contributed by atoms with Gasteiger partial charge in [-0.25, -0.2) is 4.79 Å². The molecule has 0 aliphatic rings. The molecule has 0 saturated carbocycles. The second-order valence-electron chi connectivity index (χ2n) is 5.59. The number of rotatable bonds is 10. The highest BCUT2D eigenvalue weighted by Crippen LogP contribution is 2.21. The Balaban J connectivity index is 3.14. The van der Waals surface area contributed by atoms with E-state index in [4.69, 9.17) is 17.0 Å². The lowest BCUT2D eigenvalue weighted by Crippen LogP contribution is -2.41. The maximum atomic E-state index is 12.3. The molecule has 24 heavy (non-hydrogen) atoms. The standard InChI is InChI=1S/C17H30N4O2S/c1-5-9-12-20-13-14(16(22)23-8-4)15(19-20)21(11-7-3)17(24)18-10-6-2/h13H,5-12H2,1-4H3,(H,18,24). The van der Waals surface area contributed by atoms with Gasteiger partial charge in [-0.15, -0.1) is 0 Å². The van der Waals surface area contributed by atoms with Crippen molar-refractivity contribution in [2.75, 3.05) is 24.6 Å². The zero-order valence-corrected chi connectivity index (χ0v) is 16.1. The summed E-state index contributed by atoms with van der Waals surface area (Å²) < 4.78 is 7.01. The van der Waals surface area contributed by atoms with Gasteiger partial charge in [-0.1, -0.05) is 27.2 Å². The molecule has 1 N–H and O–H groups in total. The summed E-state index contributed by atoms with van der Waals surface area (Å²) in [5.41, 5.74) is 0.474. The predicted molar refractivity (Wildman–Crippen MR) is 102 cm³/mol. The first-order valence-corrected chi connectivity index (χ1v) is 9.29. The van der Waals surface area contributed by atoms with Crippen molar-refractivity contribution < 1.29 is 9.53 Å². The van der Waals surface area contributed by atoms with Crippen LogP contribution >= 0.6 is 12.2 Å². The van der Waals surface area contributed by atoms with Gasteiger partial charge in [0.2, 0.25) is 0 Å². The van der Waals surface area contributed by atoms with Crippen molar-refractivity contribution in [1.29, 1.82) is 0 Å². The minimum absolute atomic E-state index is 0.338. The zero-order valence-electron chi connectivity index (χ0n) is 15.3. The Kier molecular flexibility index (Phi) is 9.37. The largest absolute Gasteiger partial charge is 0.462 e. The molecule has 1 aromatic heterocycles. The number of nitrogens with zero attached hydrogens (tertiary/aromatic N) is 3. The fraction of sp³-hybridized carbons (Fsp3) is 0.706. The van der Waals surface area contributed by atoms with Crippen molar-refractivity contribution in [3.05, 3.63) is 11.8 Å². The molecular formula is C17H30N4O2S. The predicted octanol–water partition coefficient (Wildman–Crippen LogP) is 3.36. The molecule has 0 saturated heterocycles. The van der Waals surface area contributed by atoms with Gasteiger partial charge >= 0.3 is 5.97 Å². The van der Waals surface area contributed by atoms with Gasteiger partial charge in [-0.2, -0.15) is 5.10 Å². The first kappa shape index (κ1) is 20.4. The first-order chi connectivity index (χ1) is 11.6. The summed E-state index contributed by atoms with van der Waals surface area (Å²) in [4.78, 5) is 14.2. The molecule has 6 nitrogen and oxygen atoms in total. The van der Waals surface area contributed by atoms with E-state index in [0.29, 0.717) is 29.6 Å². The molecule has 0 unspecified atom stereocenters. The third kappa shape index (κ3) is 5.78. The Bertz CT molecular complexity index is 531. The lowest BCUT2D eigenvalue weighted by atomic mass is 10.3. The lowest BCUT2D eigenvalue weighted by molar-refractivity contribution is 0.0527. The molecule has 0 atom stereocenters. The van der Waals surface area contributed by atoms with Gasteiger partial charge in [0.1, 0.15) is 5.56 Å². The number of carbonyl (C=O) groups is 1. The van der Waals surface area contributed by atoms with Gasteiger partial charge in [0.15, 0.2) is 10.9 Å². The monoisotopic (exact) mass is 354 g/mol. The summed E-state index contributed by atoms with van der Waals surface area (Å²) in [5, 5.41) is 8.44. The fourth-order valence-electron chi connectivity index (χ4n) is 2.25. The highest BCUT2D eigenvalue weighted by Gasteiger charge is 2.24. The van der Waals surface area contributed by atoms with Crippen LogP contribution in [0.1, 0.15) is 63.7 Å². The van der Waals surface area contributed by atoms with E-state index < -0.39 is 0 Å². The molecule has 0 amide bonds. The number of esters is 1. The second kappa shape index (κ2) is 11.0. The molecular weight excluding hydrogens is 324 g/mol. The molecule has 0 spiro atoms. The van der Waals surface area contributed by atoms with Gasteiger partial charge in [0.05, 0.1) is 6.61 Å². The lowest BCUT2D eigenvalue weighted by Gasteiger charge is -2.24. The first-order valence-electron chi connectivity index (χ1n) is 8.88. The summed E-state index contributed by atoms with van der Waals surface area (Å²) in [6.07, 6.45) is 5.73. The van der Waals surface area contributed by atoms with E-state index in [0.717, 1.165) is 38.8 Å². The van der Waals surface area contributed by atoms with Crippen LogP contribution < -0.4 is 10.2 Å². The number of aryl methyl sites for hydroxylation is 1. The molecule has 0 fully saturated rings. The molecule has 0 aromatic carbocycles. The molecule has 0 bridgehead atoms. The highest BCUT2D eigenvalue weighted by molar-refractivity contribution is 7.80. The molecule has 0 radical (unpaired) electrons. The molecule has 1 heterocycles. The van der Waals surface area contributed by atoms with Crippen LogP contribution in [0.25, 0.3) is 0 Å². The Labute approximate surface area is 150 Å². The van der Waals surface area contributed by atoms with E-state index in [1.54, 1.807) is 13.1 Å². The maximum Gasteiger partial charge on any atom is 0.343 e. The number of nitrogens with one attached hydrogen (secondary N) is 1. The molecule has 1 rings (SSSR count). The summed E-state index contributed by atoms with van der Waals surface area (Å²) in [5.74, 6) is 0.231. The average molecular weight is 355 g/mol. The Hall–Kier alpha value is -1.63. The highest BCUT2D eigenvalue weighted by atomic mass is 32.1. The summed E-state index contributed by atoms with van der Waals surface area (Å²) >= 11 is 5.51. The van der Waals surface area contributed by atoms with Crippen LogP contribution in [0.2, 0.25) is 0 Å². The van der Waals surface area contributed by atoms with E-state index in [-0.39, 0.29) is 5.97 Å². The molecule has 136 valence electrons. The molecule has 1 aromatic rings. The number of thiocarbonyl (C=S) groups is 1. The van der Waals surface area contributed by atoms with Crippen LogP contribution in [0.5, 0.6) is 0 Å². The average Bonchev–Trinajstić information content (AvgIpc) is 2.99. The number of carbonyl (C=O) groups excluding carboxylic acids is 1. The Morgan fingerprint density at radius 2 is 2.04 bits per heavy atom. The van der Waals surface area contributed by atoms with Crippen LogP contribution in [0.15, 0.2) is 6.20 Å². The quantitative estimate of drug-likeness (QED) is 0.513. The van der Waals surface area contributed by atoms with E-state index in [2.05, 4.69) is 31.2 Å². The SMILES string of the molecule is CCCCn1cc(C(=O)OCC)c(N(CCC)C(=S)NCCC)n1. The van der Waals surface area contributed by atoms with Crippen LogP contribution in [0.3, 0.4) is 0 Å². The Morgan fingerprint density at radius 3 is 2.62 bits per heavy atom. The van der Waals surface area contributed by atoms with Crippen molar-refractivity contribution in [2.24, 2.45) is 0 Å². The summed E-state index contributed by atoms with van der Waals surface area (Å²) in [7, 11) is 0. The summed E-state index contributed by atoms with van der Waals surface area (Å²) in [6, 6.07) is 0. The number of anilines is 1. The van der Waals surface area contributed by atoms with Crippen molar-refractivity contribution in [3.8, 4) is 0 Å². The molecule has 0 aliphatic heterocycles. The van der Waals surface area contributed by atoms with Crippen LogP contribution in [-0.4, -0.2) is 40.6 Å². The van der Waals surface area contributed by atoms with E-state index in [1.807, 2.05) is 9.58 Å². The number of ether oxygens (including phenoxy) is 1. The Morgan fingerprint density at radius 1 is 1.29 bits per heavy atom. The minimum Gasteiger partial charge on any atom is -0.462 e. The zero-order chi connectivity index (χ0) is 17.9. The molecule has 7 heteroatoms. The minimum atomic E-state index is -0.352. The number of hydrogen-bond acceptors (Lipinski definition) is 4. The van der Waals surface area contributed by atoms with Crippen LogP contribution in [0, 0.1) is 0 Å². The fourth-order valence-corrected chi connectivity index (χ4v) is 2.53. The van der Waals surface area contributed by atoms with Crippen molar-refractivity contribution >= 4 is 29.1 Å². The van der Waals surface area contributed by atoms with Crippen LogP contribution in [-0.2, 0) is 11.3 Å². The van der Waals surface area contributed by atoms with Gasteiger partial charge < -0.3 is 15.0 Å². The van der Waals surface area contributed by atoms with Gasteiger partial charge in [-0.05, 0) is 38.4 Å². The smallest absolute Gasteiger partial charge is 0.343 e. The van der Waals surface area contributed by atoms with Gasteiger partial charge in [0.25, 0.3) is 0 Å². The summed E-state index contributed by atoms with van der Waals surface area (Å²) in [6.45, 7) is 10.7. The second-order valence-corrected chi connectivity index (χ2v) is 5.97. The number of hydrogen-bond donors (Lipinski definition) is 1. The third-order valence-electron chi connectivity index (χ3n) is 3.45. The van der Waals surface area contributed by atoms with Crippen molar-refractivity contribution in [2.45, 2.75) is 59.9 Å². The number of aromatic nitrogens is 2. The van der Waals surface area contributed by atoms with Gasteiger partial charge in [-0.3, -0.25) is 4.68 Å². The van der Waals surface area contributed by atoms with Crippen molar-refractivity contribution in [3.63, 3.8) is 0 Å². The van der Waals surface area contributed by atoms with Crippen molar-refractivity contribution in [1.82, 2.24) is 15.1 Å². The normalized spacial score (nSPS) is 10.5. The van der Waals surface area contributed by atoms with E-state index >= 15 is 0 Å². The third-order valence-corrected chi connectivity index (χ3v) is 3.82. The topological polar surface area (TPSA) is 59.4 Å². The van der Waals surface area contributed by atoms with Gasteiger partial charge in [0, 0.05) is 25.8 Å². The van der Waals surface area contributed by atoms with E-state index in [1.165, 1.54) is 0 Å². The number of unbranched alkanes of at least 4 members (excludes halogenated alkanes) is 1. The van der Waals surface area contributed by atoms with Crippen LogP contribution in [0.4, 0.5) is 5.82 Å².